The molecule has 0 bridgehead atoms. The van der Waals surface area contributed by atoms with Gasteiger partial charge in [-0.1, -0.05) is 24.3 Å². The van der Waals surface area contributed by atoms with Crippen molar-refractivity contribution >= 4 is 0 Å². The minimum Gasteiger partial charge on any atom is -0.489 e. The van der Waals surface area contributed by atoms with Crippen molar-refractivity contribution in [3.8, 4) is 34.2 Å². The van der Waals surface area contributed by atoms with Gasteiger partial charge in [0.1, 0.15) is 24.7 Å². The van der Waals surface area contributed by atoms with E-state index in [4.69, 9.17) is 9.47 Å². The van der Waals surface area contributed by atoms with Gasteiger partial charge in [-0.2, -0.15) is 18.7 Å². The second kappa shape index (κ2) is 15.8. The third kappa shape index (κ3) is 7.61. The van der Waals surface area contributed by atoms with E-state index in [-0.39, 0.29) is 18.0 Å². The molecular weight excluding hydrogens is 717 g/mol. The highest BCUT2D eigenvalue weighted by molar-refractivity contribution is 5.48. The minimum absolute atomic E-state index is 0.285. The van der Waals surface area contributed by atoms with Crippen LogP contribution in [0.5, 0.6) is 11.5 Å². The number of tetrazole rings is 3. The first-order valence-electron chi connectivity index (χ1n) is 17.4. The molecule has 18 nitrogen and oxygen atoms in total. The maximum Gasteiger partial charge on any atom is 0.368 e. The molecule has 0 aliphatic rings. The van der Waals surface area contributed by atoms with Crippen LogP contribution in [0.4, 0.5) is 0 Å². The van der Waals surface area contributed by atoms with Crippen molar-refractivity contribution in [3.05, 3.63) is 152 Å². The first-order valence-corrected chi connectivity index (χ1v) is 17.4. The average molecular weight is 755 g/mol. The van der Waals surface area contributed by atoms with Gasteiger partial charge in [0, 0.05) is 43.3 Å². The lowest BCUT2D eigenvalue weighted by molar-refractivity contribution is 0.302. The maximum absolute atomic E-state index is 12.3. The van der Waals surface area contributed by atoms with Gasteiger partial charge >= 0.3 is 11.4 Å². The maximum atomic E-state index is 12.3. The molecule has 0 saturated heterocycles. The summed E-state index contributed by atoms with van der Waals surface area (Å²) >= 11 is 0. The second-order valence-corrected chi connectivity index (χ2v) is 12.9. The summed E-state index contributed by atoms with van der Waals surface area (Å²) in [5.74, 6) is 1.51. The summed E-state index contributed by atoms with van der Waals surface area (Å²) < 4.78 is 19.0. The average Bonchev–Trinajstić information content (AvgIpc) is 4.03. The summed E-state index contributed by atoms with van der Waals surface area (Å²) in [5.41, 5.74) is 8.24. The zero-order valence-corrected chi connectivity index (χ0v) is 31.5. The van der Waals surface area contributed by atoms with Crippen molar-refractivity contribution in [1.82, 2.24) is 69.3 Å². The Morgan fingerprint density at radius 3 is 1.59 bits per heavy atom. The molecule has 4 heterocycles. The number of hydrogen-bond acceptors (Lipinski definition) is 12. The second-order valence-electron chi connectivity index (χ2n) is 12.9. The Balaban J connectivity index is 0.000000172. The van der Waals surface area contributed by atoms with Crippen LogP contribution in [0.1, 0.15) is 33.4 Å². The smallest absolute Gasteiger partial charge is 0.368 e. The van der Waals surface area contributed by atoms with Crippen LogP contribution in [-0.4, -0.2) is 69.3 Å². The van der Waals surface area contributed by atoms with Gasteiger partial charge in [0.2, 0.25) is 0 Å². The third-order valence-electron chi connectivity index (χ3n) is 9.11. The Kier molecular flexibility index (Phi) is 10.4. The summed E-state index contributed by atoms with van der Waals surface area (Å²) in [7, 11) is 3.13. The molecule has 4 aromatic heterocycles. The van der Waals surface area contributed by atoms with Crippen molar-refractivity contribution < 1.29 is 9.47 Å². The van der Waals surface area contributed by atoms with Crippen molar-refractivity contribution in [2.24, 2.45) is 14.1 Å². The van der Waals surface area contributed by atoms with Crippen LogP contribution in [0.2, 0.25) is 0 Å². The quantitative estimate of drug-likeness (QED) is 0.198. The lowest BCUT2D eigenvalue weighted by atomic mass is 10.1. The molecule has 56 heavy (non-hydrogen) atoms. The monoisotopic (exact) mass is 754 g/mol. The zero-order valence-electron chi connectivity index (χ0n) is 31.5. The van der Waals surface area contributed by atoms with E-state index < -0.39 is 0 Å². The number of hydrogen-bond donors (Lipinski definition) is 0. The van der Waals surface area contributed by atoms with Crippen molar-refractivity contribution in [3.63, 3.8) is 0 Å². The van der Waals surface area contributed by atoms with Gasteiger partial charge in [-0.25, -0.2) is 14.6 Å². The first kappa shape index (κ1) is 36.8. The van der Waals surface area contributed by atoms with Gasteiger partial charge in [-0.15, -0.1) is 15.0 Å². The van der Waals surface area contributed by atoms with E-state index >= 15 is 0 Å². The number of nitrogens with zero attached hydrogens (tertiary/aromatic N) is 14. The number of aromatic nitrogens is 14. The fourth-order valence-corrected chi connectivity index (χ4v) is 5.95. The lowest BCUT2D eigenvalue weighted by Crippen LogP contribution is -2.23. The molecule has 0 saturated carbocycles. The third-order valence-corrected chi connectivity index (χ3v) is 9.11. The molecule has 8 aromatic rings. The lowest BCUT2D eigenvalue weighted by Gasteiger charge is -2.15. The fraction of sp³-hybridized carbons (Fsp3) is 0.211. The molecule has 0 N–H and O–H groups in total. The van der Waals surface area contributed by atoms with E-state index in [1.165, 1.54) is 29.9 Å². The summed E-state index contributed by atoms with van der Waals surface area (Å²) in [6.45, 7) is 8.50. The topological polar surface area (TPSA) is 185 Å². The predicted molar refractivity (Wildman–Crippen MR) is 204 cm³/mol. The molecule has 0 aliphatic heterocycles. The molecule has 0 unspecified atom stereocenters. The largest absolute Gasteiger partial charge is 0.489 e. The van der Waals surface area contributed by atoms with E-state index in [0.717, 1.165) is 56.3 Å². The molecule has 0 amide bonds. The Labute approximate surface area is 319 Å². The number of benzene rings is 4. The van der Waals surface area contributed by atoms with Crippen LogP contribution in [0, 0.1) is 27.7 Å². The van der Waals surface area contributed by atoms with E-state index in [0.29, 0.717) is 18.0 Å². The van der Waals surface area contributed by atoms with Crippen molar-refractivity contribution in [2.75, 3.05) is 0 Å². The normalized spacial score (nSPS) is 11.0. The van der Waals surface area contributed by atoms with Crippen LogP contribution < -0.4 is 20.9 Å². The van der Waals surface area contributed by atoms with E-state index in [9.17, 15) is 9.59 Å². The Morgan fingerprint density at radius 1 is 0.607 bits per heavy atom. The Hall–Kier alpha value is -7.50. The van der Waals surface area contributed by atoms with Crippen LogP contribution in [0.3, 0.4) is 0 Å². The van der Waals surface area contributed by atoms with E-state index in [1.54, 1.807) is 26.6 Å². The number of imidazole rings is 1. The Morgan fingerprint density at radius 2 is 1.14 bits per heavy atom. The SMILES string of the molecule is Cc1cc(-n2ccnc2)ccc1OCc1c(C)cccc1-n1nnn(C)c1=O.Cc1cc(-n2ncnn2)ccc1OCc1c(C)cccc1-n1nnn(C)c1=O. The Bertz CT molecular complexity index is 2540. The van der Waals surface area contributed by atoms with Crippen molar-refractivity contribution in [1.29, 1.82) is 0 Å². The van der Waals surface area contributed by atoms with Gasteiger partial charge in [-0.05, 0) is 125 Å². The predicted octanol–water partition coefficient (Wildman–Crippen LogP) is 3.49. The zero-order chi connectivity index (χ0) is 39.3. The van der Waals surface area contributed by atoms with Crippen LogP contribution >= 0.6 is 0 Å². The molecule has 0 atom stereocenters. The fourth-order valence-electron chi connectivity index (χ4n) is 5.95. The summed E-state index contributed by atoms with van der Waals surface area (Å²) in [4.78, 5) is 30.0. The molecule has 0 radical (unpaired) electrons. The van der Waals surface area contributed by atoms with Crippen LogP contribution in [-0.2, 0) is 27.3 Å². The van der Waals surface area contributed by atoms with Gasteiger partial charge in [0.05, 0.1) is 23.4 Å². The van der Waals surface area contributed by atoms with Crippen molar-refractivity contribution in [2.45, 2.75) is 40.9 Å². The molecule has 4 aromatic carbocycles. The molecule has 284 valence electrons. The number of rotatable bonds is 10. The number of aryl methyl sites for hydroxylation is 6. The van der Waals surface area contributed by atoms with Crippen LogP contribution in [0.25, 0.3) is 22.7 Å². The highest BCUT2D eigenvalue weighted by Gasteiger charge is 2.16. The highest BCUT2D eigenvalue weighted by atomic mass is 16.5. The summed E-state index contributed by atoms with van der Waals surface area (Å²) in [6, 6.07) is 23.0. The van der Waals surface area contributed by atoms with Gasteiger partial charge in [-0.3, -0.25) is 0 Å². The van der Waals surface area contributed by atoms with Crippen LogP contribution in [0.15, 0.2) is 107 Å². The minimum atomic E-state index is -0.312. The standard InChI is InChI=1S/C20H20N6O2.C18H18N8O2/c1-14-5-4-6-18(26-20(27)24(3)22-23-26)17(14)12-28-19-8-7-16(11-15(19)2)25-10-9-21-13-25;1-12-5-4-6-16(25-18(27)24(3)22-23-25)15(12)10-28-17-8-7-14(9-13(17)2)26-20-11-19-21-26/h4-11,13H,12H2,1-3H3;4-9,11H,10H2,1-3H3. The van der Waals surface area contributed by atoms with E-state index in [2.05, 4.69) is 41.2 Å². The van der Waals surface area contributed by atoms with Gasteiger partial charge in [0.15, 0.2) is 6.33 Å². The van der Waals surface area contributed by atoms with Gasteiger partial charge < -0.3 is 14.0 Å². The van der Waals surface area contributed by atoms with Gasteiger partial charge in [0.25, 0.3) is 0 Å². The molecular formula is C38H38N14O4. The molecule has 0 fully saturated rings. The summed E-state index contributed by atoms with van der Waals surface area (Å²) in [5, 5.41) is 27.1. The number of ether oxygens (including phenoxy) is 2. The molecule has 8 rings (SSSR count). The molecule has 18 heteroatoms. The van der Waals surface area contributed by atoms with E-state index in [1.807, 2.05) is 111 Å². The summed E-state index contributed by atoms with van der Waals surface area (Å²) in [6.07, 6.45) is 6.78. The first-order chi connectivity index (χ1) is 27.1. The molecule has 0 aliphatic carbocycles. The highest BCUT2D eigenvalue weighted by Crippen LogP contribution is 2.26. The molecule has 0 spiro atoms.